The van der Waals surface area contributed by atoms with Gasteiger partial charge >= 0.3 is 0 Å². The molecule has 2 aromatic rings. The molecule has 0 amide bonds. The molecule has 0 saturated heterocycles. The van der Waals surface area contributed by atoms with Crippen molar-refractivity contribution >= 4 is 5.52 Å². The maximum Gasteiger partial charge on any atom is 0.210 e. The van der Waals surface area contributed by atoms with Crippen molar-refractivity contribution in [3.63, 3.8) is 0 Å². The Balaban J connectivity index is 2.83. The number of hydrogen-bond donors (Lipinski definition) is 0. The molecule has 1 nitrogen and oxygen atoms in total. The molecule has 2 rings (SSSR count). The summed E-state index contributed by atoms with van der Waals surface area (Å²) in [7, 11) is 0. The van der Waals surface area contributed by atoms with Crippen molar-refractivity contribution in [3.8, 4) is 0 Å². The summed E-state index contributed by atoms with van der Waals surface area (Å²) in [5, 5.41) is 0. The van der Waals surface area contributed by atoms with E-state index in [4.69, 9.17) is 0 Å². The van der Waals surface area contributed by atoms with Gasteiger partial charge in [-0.25, -0.2) is 0 Å². The number of hydrogen-bond acceptors (Lipinski definition) is 0. The summed E-state index contributed by atoms with van der Waals surface area (Å²) in [6, 6.07) is 10.5. The molecule has 0 aliphatic rings. The highest BCUT2D eigenvalue weighted by atomic mass is 14.8. The molecule has 11 heavy (non-hydrogen) atoms. The zero-order chi connectivity index (χ0) is 7.68. The molecule has 0 atom stereocenters. The minimum Gasteiger partial charge on any atom is -0.167 e. The zero-order valence-corrected chi connectivity index (χ0v) is 6.49. The van der Waals surface area contributed by atoms with Crippen LogP contribution in [0.4, 0.5) is 0 Å². The van der Waals surface area contributed by atoms with Crippen LogP contribution in [0.5, 0.6) is 0 Å². The van der Waals surface area contributed by atoms with Crippen molar-refractivity contribution < 1.29 is 4.40 Å². The van der Waals surface area contributed by atoms with Gasteiger partial charge in [-0.15, -0.1) is 0 Å². The summed E-state index contributed by atoms with van der Waals surface area (Å²) in [4.78, 5) is 0. The molecule has 0 unspecified atom stereocenters. The molecule has 2 heterocycles. The first-order chi connectivity index (χ1) is 5.36. The molecule has 0 bridgehead atoms. The van der Waals surface area contributed by atoms with Gasteiger partial charge < -0.3 is 0 Å². The van der Waals surface area contributed by atoms with Crippen LogP contribution in [0.1, 0.15) is 5.56 Å². The molecule has 0 aromatic carbocycles. The van der Waals surface area contributed by atoms with E-state index in [1.54, 1.807) is 0 Å². The lowest BCUT2D eigenvalue weighted by atomic mass is 10.2. The highest BCUT2D eigenvalue weighted by Gasteiger charge is 1.97. The maximum atomic E-state index is 2.17. The lowest BCUT2D eigenvalue weighted by molar-refractivity contribution is -0.512. The average molecular weight is 144 g/mol. The van der Waals surface area contributed by atoms with Gasteiger partial charge in [0.05, 0.1) is 0 Å². The van der Waals surface area contributed by atoms with Crippen LogP contribution in [0.25, 0.3) is 5.52 Å². The Morgan fingerprint density at radius 2 is 2.00 bits per heavy atom. The molecule has 0 spiro atoms. The highest BCUT2D eigenvalue weighted by Crippen LogP contribution is 1.98. The monoisotopic (exact) mass is 144 g/mol. The fraction of sp³-hybridized carbons (Fsp3) is 0.100. The van der Waals surface area contributed by atoms with E-state index in [0.717, 1.165) is 0 Å². The van der Waals surface area contributed by atoms with E-state index in [9.17, 15) is 0 Å². The molecule has 0 radical (unpaired) electrons. The van der Waals surface area contributed by atoms with Crippen LogP contribution in [0.15, 0.2) is 42.7 Å². The summed E-state index contributed by atoms with van der Waals surface area (Å²) in [6.07, 6.45) is 4.12. The van der Waals surface area contributed by atoms with Crippen molar-refractivity contribution in [2.45, 2.75) is 6.92 Å². The van der Waals surface area contributed by atoms with Gasteiger partial charge in [-0.2, -0.15) is 4.40 Å². The van der Waals surface area contributed by atoms with E-state index in [-0.39, 0.29) is 0 Å². The van der Waals surface area contributed by atoms with Crippen molar-refractivity contribution in [2.75, 3.05) is 0 Å². The van der Waals surface area contributed by atoms with Crippen molar-refractivity contribution in [1.29, 1.82) is 0 Å². The van der Waals surface area contributed by atoms with Gasteiger partial charge in [-0.1, -0.05) is 0 Å². The molecular formula is C10H10N+. The van der Waals surface area contributed by atoms with Crippen LogP contribution < -0.4 is 4.40 Å². The predicted molar refractivity (Wildman–Crippen MR) is 44.3 cm³/mol. The number of pyridine rings is 2. The molecule has 2 aromatic heterocycles. The predicted octanol–water partition coefficient (Wildman–Crippen LogP) is 1.73. The van der Waals surface area contributed by atoms with Gasteiger partial charge in [0.15, 0.2) is 12.4 Å². The third kappa shape index (κ3) is 1.09. The van der Waals surface area contributed by atoms with E-state index in [0.29, 0.717) is 0 Å². The Kier molecular flexibility index (Phi) is 1.35. The molecule has 1 heteroatoms. The van der Waals surface area contributed by atoms with Gasteiger partial charge in [0, 0.05) is 24.3 Å². The zero-order valence-electron chi connectivity index (χ0n) is 6.49. The second kappa shape index (κ2) is 2.35. The minimum absolute atomic E-state index is 1.24. The van der Waals surface area contributed by atoms with Crippen LogP contribution in [0.3, 0.4) is 0 Å². The van der Waals surface area contributed by atoms with E-state index < -0.39 is 0 Å². The Bertz CT molecular complexity index is 379. The normalized spacial score (nSPS) is 10.3. The molecule has 0 aliphatic carbocycles. The maximum absolute atomic E-state index is 2.17. The Morgan fingerprint density at radius 3 is 2.91 bits per heavy atom. The summed E-state index contributed by atoms with van der Waals surface area (Å²) >= 11 is 0. The van der Waals surface area contributed by atoms with Crippen molar-refractivity contribution in [1.82, 2.24) is 0 Å². The number of nitrogens with zero attached hydrogens (tertiary/aromatic N) is 1. The lowest BCUT2D eigenvalue weighted by Gasteiger charge is -1.90. The van der Waals surface area contributed by atoms with E-state index in [2.05, 4.69) is 48.0 Å². The standard InChI is InChI=1S/C10H10N/c1-9-5-7-11-6-3-2-4-10(11)8-9/h2-8H,1H3/q+1. The summed E-state index contributed by atoms with van der Waals surface area (Å²) in [6.45, 7) is 2.10. The average Bonchev–Trinajstić information content (AvgIpc) is 2.04. The van der Waals surface area contributed by atoms with Crippen molar-refractivity contribution in [2.24, 2.45) is 0 Å². The van der Waals surface area contributed by atoms with Gasteiger partial charge in [-0.3, -0.25) is 0 Å². The fourth-order valence-corrected chi connectivity index (χ4v) is 1.21. The van der Waals surface area contributed by atoms with E-state index in [1.165, 1.54) is 11.1 Å². The van der Waals surface area contributed by atoms with E-state index in [1.807, 2.05) is 6.07 Å². The second-order valence-corrected chi connectivity index (χ2v) is 2.74. The van der Waals surface area contributed by atoms with Crippen LogP contribution >= 0.6 is 0 Å². The number of rotatable bonds is 0. The highest BCUT2D eigenvalue weighted by molar-refractivity contribution is 5.40. The van der Waals surface area contributed by atoms with Gasteiger partial charge in [0.1, 0.15) is 0 Å². The first kappa shape index (κ1) is 6.35. The van der Waals surface area contributed by atoms with Gasteiger partial charge in [0.25, 0.3) is 0 Å². The molecule has 0 aliphatic heterocycles. The van der Waals surface area contributed by atoms with Crippen LogP contribution in [-0.2, 0) is 0 Å². The minimum atomic E-state index is 1.24. The number of aromatic nitrogens is 1. The molecule has 0 N–H and O–H groups in total. The Hall–Kier alpha value is -1.37. The molecular weight excluding hydrogens is 134 g/mol. The van der Waals surface area contributed by atoms with Gasteiger partial charge in [-0.05, 0) is 18.6 Å². The SMILES string of the molecule is Cc1cc[n+]2ccccc2c1. The number of aryl methyl sites for hydroxylation is 1. The molecule has 0 fully saturated rings. The van der Waals surface area contributed by atoms with Gasteiger partial charge in [0.2, 0.25) is 5.52 Å². The molecule has 0 saturated carbocycles. The lowest BCUT2D eigenvalue weighted by Crippen LogP contribution is -2.19. The van der Waals surface area contributed by atoms with Crippen molar-refractivity contribution in [3.05, 3.63) is 48.3 Å². The summed E-state index contributed by atoms with van der Waals surface area (Å²) in [5.74, 6) is 0. The third-order valence-electron chi connectivity index (χ3n) is 1.80. The molecule has 54 valence electrons. The first-order valence-electron chi connectivity index (χ1n) is 3.73. The fourth-order valence-electron chi connectivity index (χ4n) is 1.21. The van der Waals surface area contributed by atoms with Crippen LogP contribution in [-0.4, -0.2) is 0 Å². The van der Waals surface area contributed by atoms with E-state index >= 15 is 0 Å². The first-order valence-corrected chi connectivity index (χ1v) is 3.73. The quantitative estimate of drug-likeness (QED) is 0.496. The smallest absolute Gasteiger partial charge is 0.167 e. The Morgan fingerprint density at radius 1 is 1.09 bits per heavy atom. The Labute approximate surface area is 65.9 Å². The van der Waals surface area contributed by atoms with Crippen LogP contribution in [0, 0.1) is 6.92 Å². The third-order valence-corrected chi connectivity index (χ3v) is 1.80. The summed E-state index contributed by atoms with van der Waals surface area (Å²) < 4.78 is 2.10. The van der Waals surface area contributed by atoms with Crippen LogP contribution in [0.2, 0.25) is 0 Å². The number of fused-ring (bicyclic) bond motifs is 1. The topological polar surface area (TPSA) is 4.10 Å². The largest absolute Gasteiger partial charge is 0.210 e. The summed E-state index contributed by atoms with van der Waals surface area (Å²) in [5.41, 5.74) is 2.55. The second-order valence-electron chi connectivity index (χ2n) is 2.74.